The minimum Gasteiger partial charge on any atom is -0.706 e. The van der Waals surface area contributed by atoms with Gasteiger partial charge in [0.15, 0.2) is 0 Å². The van der Waals surface area contributed by atoms with Gasteiger partial charge in [0.1, 0.15) is 0 Å². The van der Waals surface area contributed by atoms with Gasteiger partial charge in [-0.3, -0.25) is 4.55 Å². The molecule has 0 saturated carbocycles. The Labute approximate surface area is 303 Å². The summed E-state index contributed by atoms with van der Waals surface area (Å²) in [6.07, 6.45) is 0.715. The van der Waals surface area contributed by atoms with Crippen molar-refractivity contribution in [3.63, 3.8) is 0 Å². The standard InChI is InChI=1S/C26H33N2P.C12H9N.CH4O3S.Pd/c1-26(2,3)29(20-14-9-8-10-15-20)24-19-12-11-16-21(24)25-22(27(4)5)17-13-18-23(25)28(6)7;13-12-9-5-4-8-11(12)10-6-2-1-3-7-10;1-5(2,3)4;/h8-19H,1-7H3;1-6,8-9,13H;1H3,(H,2,3,4);/q;-2;;+2. The minimum absolute atomic E-state index is 0. The molecule has 0 aromatic heterocycles. The van der Waals surface area contributed by atoms with Crippen molar-refractivity contribution in [3.05, 3.63) is 133 Å². The molecular weight excluding hydrogens is 728 g/mol. The summed E-state index contributed by atoms with van der Waals surface area (Å²) < 4.78 is 25.9. The molecule has 256 valence electrons. The fraction of sp³-hybridized carbons (Fsp3) is 0.231. The Bertz CT molecular complexity index is 1790. The van der Waals surface area contributed by atoms with E-state index in [0.29, 0.717) is 11.9 Å². The van der Waals surface area contributed by atoms with Gasteiger partial charge in [-0.1, -0.05) is 106 Å². The first-order valence-electron chi connectivity index (χ1n) is 15.2. The van der Waals surface area contributed by atoms with E-state index in [1.54, 1.807) is 6.07 Å². The molecule has 0 aliphatic carbocycles. The Morgan fingerprint density at radius 1 is 0.688 bits per heavy atom. The van der Waals surface area contributed by atoms with E-state index in [4.69, 9.17) is 10.3 Å². The largest absolute Gasteiger partial charge is 2.00 e. The predicted molar refractivity (Wildman–Crippen MR) is 205 cm³/mol. The molecule has 5 rings (SSSR count). The van der Waals surface area contributed by atoms with E-state index in [1.165, 1.54) is 33.1 Å². The van der Waals surface area contributed by atoms with Gasteiger partial charge in [-0.25, -0.2) is 0 Å². The Kier molecular flexibility index (Phi) is 15.5. The van der Waals surface area contributed by atoms with Gasteiger partial charge in [0.05, 0.1) is 6.26 Å². The Balaban J connectivity index is 0.000000347. The molecule has 0 bridgehead atoms. The van der Waals surface area contributed by atoms with E-state index in [0.717, 1.165) is 11.1 Å². The summed E-state index contributed by atoms with van der Waals surface area (Å²) in [6.45, 7) is 7.10. The summed E-state index contributed by atoms with van der Waals surface area (Å²) >= 11 is 0. The average Bonchev–Trinajstić information content (AvgIpc) is 3.01. The normalized spacial score (nSPS) is 11.4. The molecule has 1 unspecified atom stereocenters. The van der Waals surface area contributed by atoms with Gasteiger partial charge in [-0.15, -0.1) is 41.5 Å². The maximum absolute atomic E-state index is 9.19. The van der Waals surface area contributed by atoms with E-state index in [2.05, 4.69) is 138 Å². The molecule has 0 amide bonds. The van der Waals surface area contributed by atoms with Crippen LogP contribution in [0.4, 0.5) is 17.1 Å². The molecule has 0 radical (unpaired) electrons. The van der Waals surface area contributed by atoms with Crippen molar-refractivity contribution in [2.75, 3.05) is 44.2 Å². The van der Waals surface area contributed by atoms with E-state index in [1.807, 2.05) is 42.5 Å². The summed E-state index contributed by atoms with van der Waals surface area (Å²) in [5.41, 5.74) is 15.3. The Morgan fingerprint density at radius 2 is 1.17 bits per heavy atom. The first-order chi connectivity index (χ1) is 22.1. The molecule has 0 saturated heterocycles. The van der Waals surface area contributed by atoms with Crippen LogP contribution < -0.4 is 20.4 Å². The van der Waals surface area contributed by atoms with Crippen LogP contribution in [0.1, 0.15) is 20.8 Å². The SMILES string of the molecule is CN(C)c1cccc(N(C)C)c1-c1ccccc1P(c1ccccc1)C(C)(C)C.CS(=O)(=O)O.[NH-]c1ccccc1-c1[c-]cccc1.[Pd+2]. The van der Waals surface area contributed by atoms with Crippen LogP contribution >= 0.6 is 7.92 Å². The number of anilines is 2. The van der Waals surface area contributed by atoms with Crippen LogP contribution in [0.3, 0.4) is 0 Å². The fourth-order valence-corrected chi connectivity index (χ4v) is 8.08. The summed E-state index contributed by atoms with van der Waals surface area (Å²) in [5, 5.41) is 3.02. The van der Waals surface area contributed by atoms with Crippen LogP contribution in [0, 0.1) is 6.07 Å². The molecule has 5 aromatic rings. The van der Waals surface area contributed by atoms with Gasteiger partial charge < -0.3 is 15.5 Å². The quantitative estimate of drug-likeness (QED) is 0.0806. The molecular formula is C39H46N3O3PPdS. The van der Waals surface area contributed by atoms with Gasteiger partial charge in [-0.05, 0) is 41.4 Å². The van der Waals surface area contributed by atoms with E-state index in [9.17, 15) is 8.42 Å². The van der Waals surface area contributed by atoms with Crippen LogP contribution in [0.25, 0.3) is 28.0 Å². The summed E-state index contributed by atoms with van der Waals surface area (Å²) in [6, 6.07) is 45.0. The maximum atomic E-state index is 9.19. The Morgan fingerprint density at radius 3 is 1.65 bits per heavy atom. The zero-order chi connectivity index (χ0) is 34.8. The monoisotopic (exact) mass is 773 g/mol. The van der Waals surface area contributed by atoms with Gasteiger partial charge in [0.25, 0.3) is 10.1 Å². The number of nitrogens with zero attached hydrogens (tertiary/aromatic N) is 2. The molecule has 5 aromatic carbocycles. The van der Waals surface area contributed by atoms with Crippen LogP contribution in [-0.2, 0) is 30.5 Å². The third kappa shape index (κ3) is 11.9. The van der Waals surface area contributed by atoms with Crippen molar-refractivity contribution in [2.45, 2.75) is 25.9 Å². The number of benzene rings is 5. The van der Waals surface area contributed by atoms with Crippen LogP contribution in [0.2, 0.25) is 0 Å². The van der Waals surface area contributed by atoms with Crippen molar-refractivity contribution in [1.82, 2.24) is 0 Å². The predicted octanol–water partition coefficient (Wildman–Crippen LogP) is 9.06. The summed E-state index contributed by atoms with van der Waals surface area (Å²) in [4.78, 5) is 4.45. The van der Waals surface area contributed by atoms with Crippen molar-refractivity contribution < 1.29 is 33.4 Å². The van der Waals surface area contributed by atoms with Gasteiger partial charge >= 0.3 is 20.4 Å². The molecule has 9 heteroatoms. The molecule has 2 N–H and O–H groups in total. The third-order valence-electron chi connectivity index (χ3n) is 7.01. The molecule has 1 atom stereocenters. The summed E-state index contributed by atoms with van der Waals surface area (Å²) in [5.74, 6) is 0. The fourth-order valence-electron chi connectivity index (χ4n) is 5.17. The molecule has 0 fully saturated rings. The molecule has 0 aliphatic rings. The molecule has 48 heavy (non-hydrogen) atoms. The van der Waals surface area contributed by atoms with Crippen LogP contribution in [0.5, 0.6) is 0 Å². The van der Waals surface area contributed by atoms with Gasteiger partial charge in [-0.2, -0.15) is 14.1 Å². The van der Waals surface area contributed by atoms with Crippen LogP contribution in [0.15, 0.2) is 121 Å². The molecule has 0 aliphatic heterocycles. The second-order valence-electron chi connectivity index (χ2n) is 12.4. The zero-order valence-electron chi connectivity index (χ0n) is 28.9. The van der Waals surface area contributed by atoms with Crippen molar-refractivity contribution in [3.8, 4) is 22.3 Å². The topological polar surface area (TPSA) is 84.7 Å². The summed E-state index contributed by atoms with van der Waals surface area (Å²) in [7, 11) is 4.32. The van der Waals surface area contributed by atoms with Gasteiger partial charge in [0, 0.05) is 45.1 Å². The van der Waals surface area contributed by atoms with Crippen molar-refractivity contribution in [2.24, 2.45) is 0 Å². The number of hydrogen-bond acceptors (Lipinski definition) is 4. The maximum Gasteiger partial charge on any atom is 2.00 e. The molecule has 6 nitrogen and oxygen atoms in total. The first-order valence-corrected chi connectivity index (χ1v) is 18.4. The minimum atomic E-state index is -3.67. The van der Waals surface area contributed by atoms with Crippen molar-refractivity contribution in [1.29, 1.82) is 0 Å². The number of hydrogen-bond donors (Lipinski definition) is 1. The average molecular weight is 774 g/mol. The Hall–Kier alpha value is -3.50. The zero-order valence-corrected chi connectivity index (χ0v) is 32.1. The van der Waals surface area contributed by atoms with E-state index in [-0.39, 0.29) is 25.6 Å². The van der Waals surface area contributed by atoms with Crippen LogP contribution in [-0.4, -0.2) is 52.6 Å². The first kappa shape index (κ1) is 40.7. The number of nitrogens with one attached hydrogen (secondary N) is 1. The number of rotatable bonds is 6. The smallest absolute Gasteiger partial charge is 0.706 e. The second kappa shape index (κ2) is 18.3. The van der Waals surface area contributed by atoms with Gasteiger partial charge in [0.2, 0.25) is 0 Å². The van der Waals surface area contributed by atoms with E-state index < -0.39 is 18.0 Å². The molecule has 0 spiro atoms. The molecule has 0 heterocycles. The third-order valence-corrected chi connectivity index (χ3v) is 10.0. The van der Waals surface area contributed by atoms with Crippen molar-refractivity contribution >= 4 is 45.7 Å². The second-order valence-corrected chi connectivity index (χ2v) is 16.9. The van der Waals surface area contributed by atoms with E-state index >= 15 is 0 Å².